The van der Waals surface area contributed by atoms with Gasteiger partial charge in [-0.25, -0.2) is 4.98 Å². The van der Waals surface area contributed by atoms with Gasteiger partial charge in [0.25, 0.3) is 0 Å². The van der Waals surface area contributed by atoms with Gasteiger partial charge in [0, 0.05) is 17.2 Å². The van der Waals surface area contributed by atoms with Gasteiger partial charge in [0.2, 0.25) is 11.8 Å². The van der Waals surface area contributed by atoms with Gasteiger partial charge in [-0.15, -0.1) is 0 Å². The van der Waals surface area contributed by atoms with Gasteiger partial charge in [-0.05, 0) is 43.9 Å². The maximum Gasteiger partial charge on any atom is 0.227 e. The molecule has 1 unspecified atom stereocenters. The van der Waals surface area contributed by atoms with E-state index in [0.29, 0.717) is 11.8 Å². The largest absolute Gasteiger partial charge is 0.444 e. The first kappa shape index (κ1) is 12.9. The van der Waals surface area contributed by atoms with Crippen LogP contribution in [0.2, 0.25) is 0 Å². The number of anilines is 1. The molecule has 1 amide bonds. The molecule has 0 spiro atoms. The second-order valence-corrected chi connectivity index (χ2v) is 5.63. The molecular formula is C16H18N2O2. The number of hydrogen-bond donors (Lipinski definition) is 1. The first-order chi connectivity index (χ1) is 9.54. The Labute approximate surface area is 118 Å². The van der Waals surface area contributed by atoms with Gasteiger partial charge in [-0.1, -0.05) is 13.0 Å². The van der Waals surface area contributed by atoms with E-state index in [2.05, 4.69) is 17.2 Å². The molecule has 1 N–H and O–H groups in total. The molecule has 1 heterocycles. The van der Waals surface area contributed by atoms with Gasteiger partial charge in [0.1, 0.15) is 6.26 Å². The summed E-state index contributed by atoms with van der Waals surface area (Å²) in [4.78, 5) is 16.3. The molecule has 1 saturated carbocycles. The van der Waals surface area contributed by atoms with Crippen LogP contribution in [0, 0.1) is 25.7 Å². The first-order valence-corrected chi connectivity index (χ1v) is 6.88. The summed E-state index contributed by atoms with van der Waals surface area (Å²) in [5.74, 6) is 1.38. The number of nitrogens with one attached hydrogen (secondary N) is 1. The van der Waals surface area contributed by atoms with Gasteiger partial charge < -0.3 is 9.73 Å². The molecule has 2 atom stereocenters. The smallest absolute Gasteiger partial charge is 0.227 e. The topological polar surface area (TPSA) is 55.1 Å². The SMILES string of the molecule is Cc1coc(-c2cc(NC(=O)C3C[C@H]3C)ccc2C)n1. The van der Waals surface area contributed by atoms with Crippen LogP contribution in [0.5, 0.6) is 0 Å². The van der Waals surface area contributed by atoms with Gasteiger partial charge in [0.05, 0.1) is 5.69 Å². The number of hydrogen-bond acceptors (Lipinski definition) is 3. The summed E-state index contributed by atoms with van der Waals surface area (Å²) in [5.41, 5.74) is 3.63. The zero-order chi connectivity index (χ0) is 14.3. The van der Waals surface area contributed by atoms with E-state index >= 15 is 0 Å². The first-order valence-electron chi connectivity index (χ1n) is 6.88. The third kappa shape index (κ3) is 2.46. The van der Waals surface area contributed by atoms with E-state index in [9.17, 15) is 4.79 Å². The van der Waals surface area contributed by atoms with Gasteiger partial charge in [-0.3, -0.25) is 4.79 Å². The van der Waals surface area contributed by atoms with Crippen LogP contribution in [0.1, 0.15) is 24.6 Å². The summed E-state index contributed by atoms with van der Waals surface area (Å²) in [6, 6.07) is 5.81. The van der Waals surface area contributed by atoms with Crippen LogP contribution in [0.25, 0.3) is 11.5 Å². The van der Waals surface area contributed by atoms with Crippen molar-refractivity contribution in [2.24, 2.45) is 11.8 Å². The Kier molecular flexibility index (Phi) is 3.08. The van der Waals surface area contributed by atoms with E-state index in [-0.39, 0.29) is 11.8 Å². The summed E-state index contributed by atoms with van der Waals surface area (Å²) in [7, 11) is 0. The van der Waals surface area contributed by atoms with Crippen LogP contribution in [0.15, 0.2) is 28.9 Å². The molecule has 2 aromatic rings. The maximum atomic E-state index is 12.0. The number of aromatic nitrogens is 1. The van der Waals surface area contributed by atoms with E-state index < -0.39 is 0 Å². The number of benzene rings is 1. The summed E-state index contributed by atoms with van der Waals surface area (Å²) in [5, 5.41) is 2.97. The second-order valence-electron chi connectivity index (χ2n) is 5.63. The van der Waals surface area contributed by atoms with Crippen LogP contribution >= 0.6 is 0 Å². The van der Waals surface area contributed by atoms with Crippen molar-refractivity contribution in [1.82, 2.24) is 4.98 Å². The van der Waals surface area contributed by atoms with Crippen molar-refractivity contribution in [2.45, 2.75) is 27.2 Å². The lowest BCUT2D eigenvalue weighted by atomic mass is 10.1. The van der Waals surface area contributed by atoms with Gasteiger partial charge in [0.15, 0.2) is 0 Å². The molecule has 1 aliphatic carbocycles. The Morgan fingerprint density at radius 1 is 1.40 bits per heavy atom. The predicted octanol–water partition coefficient (Wildman–Crippen LogP) is 3.55. The minimum absolute atomic E-state index is 0.107. The van der Waals surface area contributed by atoms with E-state index in [1.807, 2.05) is 32.0 Å². The Hall–Kier alpha value is -2.10. The number of carbonyl (C=O) groups is 1. The maximum absolute atomic E-state index is 12.0. The summed E-state index contributed by atoms with van der Waals surface area (Å²) >= 11 is 0. The lowest BCUT2D eigenvalue weighted by Crippen LogP contribution is -2.14. The quantitative estimate of drug-likeness (QED) is 0.927. The molecule has 1 fully saturated rings. The van der Waals surface area contributed by atoms with Crippen molar-refractivity contribution >= 4 is 11.6 Å². The van der Waals surface area contributed by atoms with E-state index in [1.165, 1.54) is 0 Å². The fraction of sp³-hybridized carbons (Fsp3) is 0.375. The Morgan fingerprint density at radius 3 is 2.75 bits per heavy atom. The normalized spacial score (nSPS) is 20.8. The lowest BCUT2D eigenvalue weighted by molar-refractivity contribution is -0.117. The second kappa shape index (κ2) is 4.78. The van der Waals surface area contributed by atoms with Gasteiger partial charge in [-0.2, -0.15) is 0 Å². The van der Waals surface area contributed by atoms with Crippen molar-refractivity contribution in [3.8, 4) is 11.5 Å². The molecule has 4 nitrogen and oxygen atoms in total. The van der Waals surface area contributed by atoms with Crippen LogP contribution in [0.4, 0.5) is 5.69 Å². The average Bonchev–Trinajstić information content (AvgIpc) is 2.99. The minimum atomic E-state index is 0.107. The predicted molar refractivity (Wildman–Crippen MR) is 77.3 cm³/mol. The monoisotopic (exact) mass is 270 g/mol. The molecule has 4 heteroatoms. The highest BCUT2D eigenvalue weighted by Crippen LogP contribution is 2.38. The molecular weight excluding hydrogens is 252 g/mol. The molecule has 20 heavy (non-hydrogen) atoms. The van der Waals surface area contributed by atoms with Crippen molar-refractivity contribution in [1.29, 1.82) is 0 Å². The van der Waals surface area contributed by atoms with Crippen LogP contribution < -0.4 is 5.32 Å². The number of oxazole rings is 1. The third-order valence-corrected chi connectivity index (χ3v) is 3.80. The van der Waals surface area contributed by atoms with Crippen molar-refractivity contribution in [3.63, 3.8) is 0 Å². The molecule has 3 rings (SSSR count). The Morgan fingerprint density at radius 2 is 2.15 bits per heavy atom. The highest BCUT2D eigenvalue weighted by Gasteiger charge is 2.39. The lowest BCUT2D eigenvalue weighted by Gasteiger charge is -2.08. The average molecular weight is 270 g/mol. The number of rotatable bonds is 3. The summed E-state index contributed by atoms with van der Waals surface area (Å²) < 4.78 is 5.44. The summed E-state index contributed by atoms with van der Waals surface area (Å²) in [6.07, 6.45) is 2.62. The molecule has 1 aromatic carbocycles. The molecule has 1 aliphatic rings. The van der Waals surface area contributed by atoms with E-state index in [1.54, 1.807) is 6.26 Å². The Bertz CT molecular complexity index is 660. The zero-order valence-electron chi connectivity index (χ0n) is 11.9. The van der Waals surface area contributed by atoms with Crippen molar-refractivity contribution in [2.75, 3.05) is 5.32 Å². The Balaban J connectivity index is 1.85. The standard InChI is InChI=1S/C16H18N2O2/c1-9-4-5-12(18-15(19)13-6-10(13)2)7-14(9)16-17-11(3)8-20-16/h4-5,7-8,10,13H,6H2,1-3H3,(H,18,19)/t10-,13?/m1/s1. The van der Waals surface area contributed by atoms with Crippen LogP contribution in [-0.2, 0) is 4.79 Å². The van der Waals surface area contributed by atoms with Crippen LogP contribution in [-0.4, -0.2) is 10.9 Å². The van der Waals surface area contributed by atoms with Crippen molar-refractivity contribution in [3.05, 3.63) is 35.7 Å². The number of amides is 1. The molecule has 1 aromatic heterocycles. The molecule has 0 radical (unpaired) electrons. The molecule has 0 aliphatic heterocycles. The summed E-state index contributed by atoms with van der Waals surface area (Å²) in [6.45, 7) is 5.99. The fourth-order valence-electron chi connectivity index (χ4n) is 2.33. The highest BCUT2D eigenvalue weighted by atomic mass is 16.3. The van der Waals surface area contributed by atoms with Gasteiger partial charge >= 0.3 is 0 Å². The van der Waals surface area contributed by atoms with Crippen LogP contribution in [0.3, 0.4) is 0 Å². The zero-order valence-corrected chi connectivity index (χ0v) is 11.9. The number of carbonyl (C=O) groups excluding carboxylic acids is 1. The highest BCUT2D eigenvalue weighted by molar-refractivity contribution is 5.95. The van der Waals surface area contributed by atoms with E-state index in [0.717, 1.165) is 28.9 Å². The number of nitrogens with zero attached hydrogens (tertiary/aromatic N) is 1. The molecule has 0 saturated heterocycles. The third-order valence-electron chi connectivity index (χ3n) is 3.80. The minimum Gasteiger partial charge on any atom is -0.444 e. The molecule has 104 valence electrons. The van der Waals surface area contributed by atoms with Crippen molar-refractivity contribution < 1.29 is 9.21 Å². The number of aryl methyl sites for hydroxylation is 2. The van der Waals surface area contributed by atoms with E-state index in [4.69, 9.17) is 4.42 Å². The fourth-order valence-corrected chi connectivity index (χ4v) is 2.33. The molecule has 0 bridgehead atoms.